The number of amides is 1. The number of thiocarbonyl (C=S) groups is 1. The first-order valence-corrected chi connectivity index (χ1v) is 9.78. The fourth-order valence-corrected chi connectivity index (χ4v) is 2.88. The van der Waals surface area contributed by atoms with Crippen LogP contribution in [0.3, 0.4) is 0 Å². The Bertz CT molecular complexity index is 819. The molecule has 0 aliphatic rings. The van der Waals surface area contributed by atoms with Crippen LogP contribution in [-0.2, 0) is 11.2 Å². The average molecular weight is 412 g/mol. The third-order valence-corrected chi connectivity index (χ3v) is 4.55. The van der Waals surface area contributed by atoms with E-state index in [1.165, 1.54) is 5.56 Å². The van der Waals surface area contributed by atoms with Crippen molar-refractivity contribution in [2.45, 2.75) is 12.8 Å². The zero-order chi connectivity index (χ0) is 20.9. The minimum Gasteiger partial charge on any atom is -0.491 e. The van der Waals surface area contributed by atoms with Crippen molar-refractivity contribution in [1.82, 2.24) is 10.2 Å². The molecule has 0 spiro atoms. The second-order valence-electron chi connectivity index (χ2n) is 6.26. The summed E-state index contributed by atoms with van der Waals surface area (Å²) in [5.41, 5.74) is 1.65. The van der Waals surface area contributed by atoms with Gasteiger partial charge in [0.1, 0.15) is 12.4 Å². The van der Waals surface area contributed by atoms with Crippen molar-refractivity contribution in [3.05, 3.63) is 65.7 Å². The van der Waals surface area contributed by atoms with E-state index < -0.39 is 0 Å². The predicted molar refractivity (Wildman–Crippen MR) is 116 cm³/mol. The second kappa shape index (κ2) is 12.5. The molecule has 0 unspecified atom stereocenters. The zero-order valence-corrected chi connectivity index (χ0v) is 17.3. The van der Waals surface area contributed by atoms with Gasteiger partial charge in [-0.05, 0) is 48.5 Å². The first-order chi connectivity index (χ1) is 14.1. The molecule has 0 fully saturated rings. The van der Waals surface area contributed by atoms with Gasteiger partial charge in [0, 0.05) is 25.8 Å². The van der Waals surface area contributed by atoms with Gasteiger partial charge in [-0.1, -0.05) is 30.3 Å². The van der Waals surface area contributed by atoms with Gasteiger partial charge in [-0.2, -0.15) is 5.26 Å². The van der Waals surface area contributed by atoms with Crippen LogP contribution in [0.25, 0.3) is 0 Å². The molecule has 1 amide bonds. The van der Waals surface area contributed by atoms with E-state index >= 15 is 0 Å². The first-order valence-electron chi connectivity index (χ1n) is 9.37. The van der Waals surface area contributed by atoms with E-state index in [-0.39, 0.29) is 5.91 Å². The van der Waals surface area contributed by atoms with Crippen molar-refractivity contribution >= 4 is 23.2 Å². The summed E-state index contributed by atoms with van der Waals surface area (Å²) in [7, 11) is 1.61. The fourth-order valence-electron chi connectivity index (χ4n) is 2.60. The van der Waals surface area contributed by atoms with Crippen molar-refractivity contribution < 1.29 is 14.3 Å². The Hall–Kier alpha value is -2.95. The van der Waals surface area contributed by atoms with E-state index in [1.807, 2.05) is 35.2 Å². The molecule has 1 N–H and O–H groups in total. The maximum absolute atomic E-state index is 12.5. The SMILES string of the molecule is COCCOc1ccc(C(=O)NC(=S)N(CCC#N)CCc2ccccc2)cc1. The lowest BCUT2D eigenvalue weighted by Crippen LogP contribution is -2.44. The third-order valence-electron chi connectivity index (χ3n) is 4.19. The van der Waals surface area contributed by atoms with Crippen molar-refractivity contribution in [1.29, 1.82) is 5.26 Å². The summed E-state index contributed by atoms with van der Waals surface area (Å²) in [6, 6.07) is 19.0. The number of carbonyl (C=O) groups is 1. The molecule has 0 heterocycles. The smallest absolute Gasteiger partial charge is 0.257 e. The zero-order valence-electron chi connectivity index (χ0n) is 16.5. The lowest BCUT2D eigenvalue weighted by atomic mass is 10.1. The highest BCUT2D eigenvalue weighted by Gasteiger charge is 2.14. The quantitative estimate of drug-likeness (QED) is 0.478. The van der Waals surface area contributed by atoms with Crippen LogP contribution in [0.4, 0.5) is 0 Å². The van der Waals surface area contributed by atoms with E-state index in [0.29, 0.717) is 49.1 Å². The molecule has 29 heavy (non-hydrogen) atoms. The topological polar surface area (TPSA) is 74.6 Å². The van der Waals surface area contributed by atoms with Crippen molar-refractivity contribution in [3.63, 3.8) is 0 Å². The van der Waals surface area contributed by atoms with Gasteiger partial charge in [0.15, 0.2) is 5.11 Å². The van der Waals surface area contributed by atoms with E-state index in [2.05, 4.69) is 11.4 Å². The van der Waals surface area contributed by atoms with E-state index in [4.69, 9.17) is 27.0 Å². The maximum Gasteiger partial charge on any atom is 0.257 e. The number of nitrogens with one attached hydrogen (secondary N) is 1. The molecule has 0 atom stereocenters. The largest absolute Gasteiger partial charge is 0.491 e. The summed E-state index contributed by atoms with van der Waals surface area (Å²) >= 11 is 5.42. The lowest BCUT2D eigenvalue weighted by Gasteiger charge is -2.24. The maximum atomic E-state index is 12.5. The molecule has 6 nitrogen and oxygen atoms in total. The number of carbonyl (C=O) groups excluding carboxylic acids is 1. The van der Waals surface area contributed by atoms with Gasteiger partial charge in [0.2, 0.25) is 0 Å². The Morgan fingerprint density at radius 2 is 1.83 bits per heavy atom. The molecular formula is C22H25N3O3S. The van der Waals surface area contributed by atoms with E-state index in [9.17, 15) is 4.79 Å². The monoisotopic (exact) mass is 411 g/mol. The molecule has 0 aliphatic carbocycles. The van der Waals surface area contributed by atoms with Crippen LogP contribution in [0, 0.1) is 11.3 Å². The summed E-state index contributed by atoms with van der Waals surface area (Å²) in [6.45, 7) is 2.03. The molecule has 0 aromatic heterocycles. The van der Waals surface area contributed by atoms with Crippen LogP contribution in [0.1, 0.15) is 22.3 Å². The highest BCUT2D eigenvalue weighted by atomic mass is 32.1. The number of nitrogens with zero attached hydrogens (tertiary/aromatic N) is 2. The fraction of sp³-hybridized carbons (Fsp3) is 0.318. The third kappa shape index (κ3) is 7.90. The molecule has 0 bridgehead atoms. The number of nitriles is 1. The molecule has 0 radical (unpaired) electrons. The molecule has 2 aromatic carbocycles. The molecule has 2 aromatic rings. The predicted octanol–water partition coefficient (Wildman–Crippen LogP) is 3.18. The summed E-state index contributed by atoms with van der Waals surface area (Å²) in [4.78, 5) is 14.4. The van der Waals surface area contributed by atoms with Crippen molar-refractivity contribution in [2.75, 3.05) is 33.4 Å². The number of hydrogen-bond acceptors (Lipinski definition) is 5. The van der Waals surface area contributed by atoms with Crippen molar-refractivity contribution in [3.8, 4) is 11.8 Å². The Morgan fingerprint density at radius 3 is 2.48 bits per heavy atom. The van der Waals surface area contributed by atoms with Crippen molar-refractivity contribution in [2.24, 2.45) is 0 Å². The van der Waals surface area contributed by atoms with Crippen LogP contribution in [0.5, 0.6) is 5.75 Å². The normalized spacial score (nSPS) is 10.1. The Balaban J connectivity index is 1.92. The number of rotatable bonds is 10. The molecule has 0 saturated carbocycles. The molecule has 2 rings (SSSR count). The standard InChI is InChI=1S/C22H25N3O3S/c1-27-16-17-28-20-10-8-19(9-11-20)21(26)24-22(29)25(14-5-13-23)15-12-18-6-3-2-4-7-18/h2-4,6-11H,5,12,14-17H2,1H3,(H,24,26,29). The van der Waals surface area contributed by atoms with Gasteiger partial charge in [-0.25, -0.2) is 0 Å². The second-order valence-corrected chi connectivity index (χ2v) is 6.64. The average Bonchev–Trinajstić information content (AvgIpc) is 2.75. The first kappa shape index (κ1) is 22.3. The molecule has 0 saturated heterocycles. The highest BCUT2D eigenvalue weighted by Crippen LogP contribution is 2.12. The highest BCUT2D eigenvalue weighted by molar-refractivity contribution is 7.80. The minimum absolute atomic E-state index is 0.292. The molecule has 152 valence electrons. The van der Waals surface area contributed by atoms with Gasteiger partial charge < -0.3 is 14.4 Å². The minimum atomic E-state index is -0.292. The number of hydrogen-bond donors (Lipinski definition) is 1. The summed E-state index contributed by atoms with van der Waals surface area (Å²) in [5, 5.41) is 12.0. The Morgan fingerprint density at radius 1 is 1.10 bits per heavy atom. The van der Waals surface area contributed by atoms with Gasteiger partial charge in [0.05, 0.1) is 19.1 Å². The van der Waals surface area contributed by atoms with E-state index in [1.54, 1.807) is 31.4 Å². The number of methoxy groups -OCH3 is 1. The van der Waals surface area contributed by atoms with Gasteiger partial charge in [-0.3, -0.25) is 10.1 Å². The summed E-state index contributed by atoms with van der Waals surface area (Å²) in [5.74, 6) is 0.375. The van der Waals surface area contributed by atoms with Gasteiger partial charge in [-0.15, -0.1) is 0 Å². The molecular weight excluding hydrogens is 386 g/mol. The van der Waals surface area contributed by atoms with Crippen LogP contribution in [0.15, 0.2) is 54.6 Å². The van der Waals surface area contributed by atoms with E-state index in [0.717, 1.165) is 6.42 Å². The van der Waals surface area contributed by atoms with Crippen LogP contribution >= 0.6 is 12.2 Å². The Kier molecular flexibility index (Phi) is 9.63. The summed E-state index contributed by atoms with van der Waals surface area (Å²) < 4.78 is 10.4. The van der Waals surface area contributed by atoms with Crippen LogP contribution < -0.4 is 10.1 Å². The number of ether oxygens (including phenoxy) is 2. The van der Waals surface area contributed by atoms with Gasteiger partial charge in [0.25, 0.3) is 5.91 Å². The van der Waals surface area contributed by atoms with Gasteiger partial charge >= 0.3 is 0 Å². The van der Waals surface area contributed by atoms with Crippen LogP contribution in [-0.4, -0.2) is 49.3 Å². The number of benzene rings is 2. The molecule has 7 heteroatoms. The lowest BCUT2D eigenvalue weighted by molar-refractivity contribution is 0.0973. The molecule has 0 aliphatic heterocycles. The Labute approximate surface area is 177 Å². The van der Waals surface area contributed by atoms with Crippen LogP contribution in [0.2, 0.25) is 0 Å². The summed E-state index contributed by atoms with van der Waals surface area (Å²) in [6.07, 6.45) is 1.11.